The summed E-state index contributed by atoms with van der Waals surface area (Å²) in [7, 11) is -4.30. The highest BCUT2D eigenvalue weighted by Gasteiger charge is 2.27. The van der Waals surface area contributed by atoms with Gasteiger partial charge in [-0.05, 0) is 38.5 Å². The summed E-state index contributed by atoms with van der Waals surface area (Å²) in [4.78, 5) is 22.6. The molecule has 1 amide bonds. The molecule has 0 heterocycles. The smallest absolute Gasteiger partial charge is 0.391 e. The Kier molecular flexibility index (Phi) is 35.5. The summed E-state index contributed by atoms with van der Waals surface area (Å²) in [5, 5.41) is 13.7. The number of carbonyl (C=O) groups is 1. The Bertz CT molecular complexity index is 769. The van der Waals surface area contributed by atoms with Crippen molar-refractivity contribution in [3.05, 3.63) is 12.2 Å². The molecular formula is C39H79N2O6P. The van der Waals surface area contributed by atoms with Crippen LogP contribution >= 0.6 is 7.82 Å². The first-order valence-corrected chi connectivity index (χ1v) is 21.8. The minimum absolute atomic E-state index is 0.0897. The maximum Gasteiger partial charge on any atom is 0.472 e. The van der Waals surface area contributed by atoms with Crippen molar-refractivity contribution in [2.45, 2.75) is 212 Å². The molecule has 0 aromatic heterocycles. The normalized spacial score (nSPS) is 14.4. The summed E-state index contributed by atoms with van der Waals surface area (Å²) in [5.41, 5.74) is 5.35. The van der Waals surface area contributed by atoms with Gasteiger partial charge in [0.05, 0.1) is 25.4 Å². The summed E-state index contributed by atoms with van der Waals surface area (Å²) < 4.78 is 22.0. The molecule has 9 heteroatoms. The van der Waals surface area contributed by atoms with Gasteiger partial charge in [-0.15, -0.1) is 0 Å². The van der Waals surface area contributed by atoms with Gasteiger partial charge in [0.15, 0.2) is 0 Å². The average Bonchev–Trinajstić information content (AvgIpc) is 3.07. The van der Waals surface area contributed by atoms with Gasteiger partial charge >= 0.3 is 7.82 Å². The van der Waals surface area contributed by atoms with Gasteiger partial charge in [-0.3, -0.25) is 13.8 Å². The predicted octanol–water partition coefficient (Wildman–Crippen LogP) is 10.8. The molecule has 0 fully saturated rings. The average molecular weight is 703 g/mol. The van der Waals surface area contributed by atoms with Crippen molar-refractivity contribution in [1.29, 1.82) is 0 Å². The Balaban J connectivity index is 4.03. The number of unbranched alkanes of at least 4 members (excludes halogenated alkanes) is 24. The van der Waals surface area contributed by atoms with E-state index in [1.165, 1.54) is 135 Å². The van der Waals surface area contributed by atoms with Gasteiger partial charge in [0.2, 0.25) is 5.91 Å². The molecular weight excluding hydrogens is 623 g/mol. The topological polar surface area (TPSA) is 131 Å². The molecule has 286 valence electrons. The highest BCUT2D eigenvalue weighted by molar-refractivity contribution is 7.47. The second-order valence-electron chi connectivity index (χ2n) is 13.8. The second-order valence-corrected chi connectivity index (χ2v) is 15.3. The molecule has 0 aromatic carbocycles. The van der Waals surface area contributed by atoms with E-state index in [2.05, 4.69) is 31.3 Å². The van der Waals surface area contributed by atoms with E-state index in [0.717, 1.165) is 38.5 Å². The fourth-order valence-corrected chi connectivity index (χ4v) is 6.77. The summed E-state index contributed by atoms with van der Waals surface area (Å²) in [6, 6.07) is -0.769. The van der Waals surface area contributed by atoms with Gasteiger partial charge in [0.1, 0.15) is 0 Å². The van der Waals surface area contributed by atoms with Crippen LogP contribution in [0.15, 0.2) is 12.2 Å². The number of nitrogens with one attached hydrogen (secondary N) is 1. The van der Waals surface area contributed by atoms with Crippen molar-refractivity contribution in [3.63, 3.8) is 0 Å². The zero-order valence-corrected chi connectivity index (χ0v) is 32.4. The van der Waals surface area contributed by atoms with E-state index in [4.69, 9.17) is 14.8 Å². The number of nitrogens with two attached hydrogens (primary N) is 1. The molecule has 48 heavy (non-hydrogen) atoms. The van der Waals surface area contributed by atoms with Crippen molar-refractivity contribution >= 4 is 13.7 Å². The van der Waals surface area contributed by atoms with E-state index >= 15 is 0 Å². The Labute approximate surface area is 296 Å². The number of amides is 1. The lowest BCUT2D eigenvalue weighted by molar-refractivity contribution is -0.123. The molecule has 0 radical (unpaired) electrons. The molecule has 0 aromatic rings. The van der Waals surface area contributed by atoms with Crippen LogP contribution in [0.1, 0.15) is 200 Å². The van der Waals surface area contributed by atoms with Gasteiger partial charge in [-0.1, -0.05) is 167 Å². The van der Waals surface area contributed by atoms with Crippen molar-refractivity contribution in [2.24, 2.45) is 5.73 Å². The fraction of sp³-hybridized carbons (Fsp3) is 0.923. The standard InChI is InChI=1S/C39H79N2O6P/c1-3-5-7-9-11-13-14-15-16-17-18-19-20-21-22-23-24-25-27-29-31-33-39(43)41-37(36-47-48(44,45)46-35-34-40)38(42)32-30-28-26-12-10-8-6-4-2/h17-18,37-38,42H,3-16,19-36,40H2,1-2H3,(H,41,43)(H,44,45)/b18-17-. The SMILES string of the molecule is CCCCCCCCCC/C=C\CCCCCCCCCCCC(=O)NC(COP(=O)(O)OCCN)C(O)CCCCCCCCCC. The molecule has 8 nitrogen and oxygen atoms in total. The van der Waals surface area contributed by atoms with Crippen LogP contribution in [0.4, 0.5) is 0 Å². The molecule has 0 saturated carbocycles. The molecule has 3 unspecified atom stereocenters. The Morgan fingerprint density at radius 1 is 0.667 bits per heavy atom. The molecule has 0 spiro atoms. The Hall–Kier alpha value is -0.760. The summed E-state index contributed by atoms with van der Waals surface area (Å²) in [6.07, 6.45) is 38.1. The monoisotopic (exact) mass is 703 g/mol. The molecule has 0 aliphatic heterocycles. The first kappa shape index (κ1) is 47.2. The van der Waals surface area contributed by atoms with Crippen LogP contribution in [0.25, 0.3) is 0 Å². The third-order valence-electron chi connectivity index (χ3n) is 9.12. The molecule has 0 aliphatic carbocycles. The molecule has 3 atom stereocenters. The van der Waals surface area contributed by atoms with Crippen LogP contribution in [-0.4, -0.2) is 47.8 Å². The summed E-state index contributed by atoms with van der Waals surface area (Å²) >= 11 is 0. The van der Waals surface area contributed by atoms with E-state index in [1.807, 2.05) is 0 Å². The second kappa shape index (κ2) is 36.0. The molecule has 0 bridgehead atoms. The van der Waals surface area contributed by atoms with E-state index in [1.54, 1.807) is 0 Å². The number of carbonyl (C=O) groups excluding carboxylic acids is 1. The summed E-state index contributed by atoms with van der Waals surface area (Å²) in [5.74, 6) is -0.166. The number of hydrogen-bond donors (Lipinski definition) is 4. The largest absolute Gasteiger partial charge is 0.472 e. The number of rotatable bonds is 38. The number of aliphatic hydroxyl groups excluding tert-OH is 1. The number of phosphoric acid groups is 1. The molecule has 0 aliphatic rings. The fourth-order valence-electron chi connectivity index (χ4n) is 6.01. The zero-order valence-electron chi connectivity index (χ0n) is 31.5. The van der Waals surface area contributed by atoms with Crippen molar-refractivity contribution in [1.82, 2.24) is 5.32 Å². The third-order valence-corrected chi connectivity index (χ3v) is 10.1. The molecule has 0 rings (SSSR count). The minimum Gasteiger partial charge on any atom is -0.391 e. The van der Waals surface area contributed by atoms with Crippen LogP contribution in [0.2, 0.25) is 0 Å². The lowest BCUT2D eigenvalue weighted by Gasteiger charge is -2.25. The van der Waals surface area contributed by atoms with Crippen molar-refractivity contribution < 1.29 is 28.4 Å². The van der Waals surface area contributed by atoms with Gasteiger partial charge in [-0.25, -0.2) is 4.57 Å². The van der Waals surface area contributed by atoms with Crippen LogP contribution in [0.3, 0.4) is 0 Å². The Morgan fingerprint density at radius 2 is 1.08 bits per heavy atom. The first-order chi connectivity index (χ1) is 23.4. The maximum atomic E-state index is 12.7. The zero-order chi connectivity index (χ0) is 35.4. The highest BCUT2D eigenvalue weighted by atomic mass is 31.2. The van der Waals surface area contributed by atoms with Crippen molar-refractivity contribution in [2.75, 3.05) is 19.8 Å². The first-order valence-electron chi connectivity index (χ1n) is 20.3. The predicted molar refractivity (Wildman–Crippen MR) is 203 cm³/mol. The van der Waals surface area contributed by atoms with Crippen LogP contribution in [0.5, 0.6) is 0 Å². The van der Waals surface area contributed by atoms with Gasteiger partial charge in [-0.2, -0.15) is 0 Å². The number of phosphoric ester groups is 1. The quantitative estimate of drug-likeness (QED) is 0.0286. The van der Waals surface area contributed by atoms with Crippen LogP contribution < -0.4 is 11.1 Å². The lowest BCUT2D eigenvalue weighted by Crippen LogP contribution is -2.46. The summed E-state index contributed by atoms with van der Waals surface area (Å²) in [6.45, 7) is 4.17. The van der Waals surface area contributed by atoms with Gasteiger partial charge in [0, 0.05) is 13.0 Å². The highest BCUT2D eigenvalue weighted by Crippen LogP contribution is 2.43. The van der Waals surface area contributed by atoms with E-state index < -0.39 is 20.0 Å². The van der Waals surface area contributed by atoms with E-state index in [-0.39, 0.29) is 25.7 Å². The van der Waals surface area contributed by atoms with Crippen LogP contribution in [-0.2, 0) is 18.4 Å². The number of hydrogen-bond acceptors (Lipinski definition) is 6. The van der Waals surface area contributed by atoms with Crippen molar-refractivity contribution in [3.8, 4) is 0 Å². The Morgan fingerprint density at radius 3 is 1.54 bits per heavy atom. The van der Waals surface area contributed by atoms with E-state index in [9.17, 15) is 19.4 Å². The lowest BCUT2D eigenvalue weighted by atomic mass is 10.0. The minimum atomic E-state index is -4.30. The van der Waals surface area contributed by atoms with Gasteiger partial charge < -0.3 is 21.1 Å². The van der Waals surface area contributed by atoms with Gasteiger partial charge in [0.25, 0.3) is 0 Å². The maximum absolute atomic E-state index is 12.7. The van der Waals surface area contributed by atoms with Crippen LogP contribution in [0, 0.1) is 0 Å². The molecule has 5 N–H and O–H groups in total. The van der Waals surface area contributed by atoms with E-state index in [0.29, 0.717) is 12.8 Å². The molecule has 0 saturated heterocycles. The third kappa shape index (κ3) is 33.7. The number of aliphatic hydroxyl groups is 1. The number of allylic oxidation sites excluding steroid dienone is 2.